The van der Waals surface area contributed by atoms with E-state index in [1.54, 1.807) is 0 Å². The van der Waals surface area contributed by atoms with E-state index < -0.39 is 17.2 Å². The Labute approximate surface area is 128 Å². The molecular formula is C15H12N2O4S. The number of benzene rings is 1. The molecule has 0 saturated heterocycles. The minimum absolute atomic E-state index is 0.185. The van der Waals surface area contributed by atoms with Gasteiger partial charge in [0.15, 0.2) is 0 Å². The van der Waals surface area contributed by atoms with Crippen molar-refractivity contribution in [1.29, 1.82) is 0 Å². The second-order valence-corrected chi connectivity index (χ2v) is 5.69. The summed E-state index contributed by atoms with van der Waals surface area (Å²) in [6.45, 7) is 0.185. The molecule has 22 heavy (non-hydrogen) atoms. The number of fused-ring (bicyclic) bond motifs is 1. The molecule has 2 heterocycles. The van der Waals surface area contributed by atoms with E-state index >= 15 is 0 Å². The molecule has 3 aromatic rings. The van der Waals surface area contributed by atoms with Crippen LogP contribution in [0.4, 0.5) is 0 Å². The van der Waals surface area contributed by atoms with Crippen LogP contribution in [0.3, 0.4) is 0 Å². The summed E-state index contributed by atoms with van der Waals surface area (Å²) in [5.41, 5.74) is -0.0186. The van der Waals surface area contributed by atoms with Crippen LogP contribution < -0.4 is 11.2 Å². The Bertz CT molecular complexity index is 953. The van der Waals surface area contributed by atoms with Crippen molar-refractivity contribution in [2.75, 3.05) is 7.11 Å². The number of hydrogen-bond acceptors (Lipinski definition) is 5. The lowest BCUT2D eigenvalue weighted by Crippen LogP contribution is -2.36. The first-order chi connectivity index (χ1) is 10.6. The molecule has 0 aliphatic heterocycles. The molecule has 0 aliphatic rings. The fourth-order valence-corrected chi connectivity index (χ4v) is 3.07. The number of ether oxygens (including phenoxy) is 1. The lowest BCUT2D eigenvalue weighted by molar-refractivity contribution is 0.0606. The third kappa shape index (κ3) is 2.46. The summed E-state index contributed by atoms with van der Waals surface area (Å²) in [4.78, 5) is 36.8. The summed E-state index contributed by atoms with van der Waals surface area (Å²) in [7, 11) is 1.27. The van der Waals surface area contributed by atoms with Crippen molar-refractivity contribution in [2.24, 2.45) is 0 Å². The van der Waals surface area contributed by atoms with Crippen LogP contribution in [0.1, 0.15) is 15.2 Å². The fraction of sp³-hybridized carbons (Fsp3) is 0.133. The van der Waals surface area contributed by atoms with Crippen LogP contribution in [0.25, 0.3) is 4.83 Å². The first-order valence-corrected chi connectivity index (χ1v) is 7.30. The topological polar surface area (TPSA) is 69.8 Å². The van der Waals surface area contributed by atoms with Crippen molar-refractivity contribution < 1.29 is 9.53 Å². The molecule has 0 atom stereocenters. The Kier molecular flexibility index (Phi) is 3.64. The molecule has 0 aliphatic carbocycles. The normalized spacial score (nSPS) is 10.8. The SMILES string of the molecule is COC(=O)c1cn2c(=O)n(Cc3ccccc3)c(=O)cc2s1. The summed E-state index contributed by atoms with van der Waals surface area (Å²) < 4.78 is 7.06. The van der Waals surface area contributed by atoms with Crippen LogP contribution in [0.2, 0.25) is 0 Å². The highest BCUT2D eigenvalue weighted by Gasteiger charge is 2.14. The highest BCUT2D eigenvalue weighted by atomic mass is 32.1. The molecule has 112 valence electrons. The van der Waals surface area contributed by atoms with Crippen molar-refractivity contribution in [2.45, 2.75) is 6.54 Å². The van der Waals surface area contributed by atoms with E-state index in [0.717, 1.165) is 21.5 Å². The molecule has 0 amide bonds. The predicted octanol–water partition coefficient (Wildman–Crippen LogP) is 1.36. The Morgan fingerprint density at radius 2 is 1.95 bits per heavy atom. The second kappa shape index (κ2) is 5.61. The fourth-order valence-electron chi connectivity index (χ4n) is 2.13. The van der Waals surface area contributed by atoms with E-state index in [9.17, 15) is 14.4 Å². The molecule has 2 aromatic heterocycles. The lowest BCUT2D eigenvalue weighted by atomic mass is 10.2. The maximum atomic E-state index is 12.5. The summed E-state index contributed by atoms with van der Waals surface area (Å²) in [6, 6.07) is 10.6. The van der Waals surface area contributed by atoms with Crippen LogP contribution in [-0.2, 0) is 11.3 Å². The third-order valence-electron chi connectivity index (χ3n) is 3.22. The summed E-state index contributed by atoms with van der Waals surface area (Å²) >= 11 is 1.05. The number of thiazole rings is 1. The summed E-state index contributed by atoms with van der Waals surface area (Å²) in [6.07, 6.45) is 1.40. The molecule has 0 saturated carbocycles. The van der Waals surface area contributed by atoms with Gasteiger partial charge in [0.2, 0.25) is 0 Å². The minimum atomic E-state index is -0.532. The highest BCUT2D eigenvalue weighted by molar-refractivity contribution is 7.19. The Hall–Kier alpha value is -2.67. The van der Waals surface area contributed by atoms with Gasteiger partial charge < -0.3 is 4.74 Å². The standard InChI is InChI=1S/C15H12N2O4S/c1-21-14(19)11-9-17-13(22-11)7-12(18)16(15(17)20)8-10-5-3-2-4-6-10/h2-7,9H,8H2,1H3. The highest BCUT2D eigenvalue weighted by Crippen LogP contribution is 2.15. The smallest absolute Gasteiger partial charge is 0.349 e. The van der Waals surface area contributed by atoms with Gasteiger partial charge in [-0.1, -0.05) is 30.3 Å². The van der Waals surface area contributed by atoms with Gasteiger partial charge in [0, 0.05) is 12.3 Å². The van der Waals surface area contributed by atoms with E-state index in [2.05, 4.69) is 4.74 Å². The van der Waals surface area contributed by atoms with Crippen molar-refractivity contribution >= 4 is 22.1 Å². The molecule has 0 N–H and O–H groups in total. The van der Waals surface area contributed by atoms with Gasteiger partial charge in [-0.25, -0.2) is 9.59 Å². The zero-order valence-corrected chi connectivity index (χ0v) is 12.5. The maximum absolute atomic E-state index is 12.5. The van der Waals surface area contributed by atoms with Crippen LogP contribution in [-0.4, -0.2) is 22.0 Å². The number of nitrogens with zero attached hydrogens (tertiary/aromatic N) is 2. The first-order valence-electron chi connectivity index (χ1n) is 6.48. The van der Waals surface area contributed by atoms with E-state index in [1.165, 1.54) is 23.8 Å². The van der Waals surface area contributed by atoms with Crippen LogP contribution in [0.5, 0.6) is 0 Å². The van der Waals surface area contributed by atoms with Gasteiger partial charge in [0.05, 0.1) is 13.7 Å². The van der Waals surface area contributed by atoms with Crippen molar-refractivity contribution in [3.05, 3.63) is 73.9 Å². The molecule has 0 fully saturated rings. The van der Waals surface area contributed by atoms with Crippen LogP contribution >= 0.6 is 11.3 Å². The summed E-state index contributed by atoms with van der Waals surface area (Å²) in [5.74, 6) is -0.532. The van der Waals surface area contributed by atoms with Crippen LogP contribution in [0, 0.1) is 0 Å². The zero-order valence-electron chi connectivity index (χ0n) is 11.7. The quantitative estimate of drug-likeness (QED) is 0.684. The minimum Gasteiger partial charge on any atom is -0.465 e. The monoisotopic (exact) mass is 316 g/mol. The second-order valence-electron chi connectivity index (χ2n) is 4.63. The number of carbonyl (C=O) groups excluding carboxylic acids is 1. The molecule has 0 unspecified atom stereocenters. The molecule has 0 bridgehead atoms. The Morgan fingerprint density at radius 1 is 1.23 bits per heavy atom. The van der Waals surface area contributed by atoms with E-state index in [4.69, 9.17) is 0 Å². The number of carbonyl (C=O) groups is 1. The molecule has 7 heteroatoms. The first kappa shape index (κ1) is 14.3. The van der Waals surface area contributed by atoms with Gasteiger partial charge in [0.1, 0.15) is 9.71 Å². The average molecular weight is 316 g/mol. The molecule has 3 rings (SSSR count). The largest absolute Gasteiger partial charge is 0.465 e. The Balaban J connectivity index is 2.14. The van der Waals surface area contributed by atoms with Crippen LogP contribution in [0.15, 0.2) is 52.2 Å². The average Bonchev–Trinajstić information content (AvgIpc) is 2.95. The van der Waals surface area contributed by atoms with E-state index in [1.807, 2.05) is 30.3 Å². The molecule has 0 spiro atoms. The number of methoxy groups -OCH3 is 1. The zero-order chi connectivity index (χ0) is 15.7. The van der Waals surface area contributed by atoms with Gasteiger partial charge in [-0.3, -0.25) is 13.8 Å². The predicted molar refractivity (Wildman–Crippen MR) is 82.7 cm³/mol. The molecular weight excluding hydrogens is 304 g/mol. The van der Waals surface area contributed by atoms with E-state index in [0.29, 0.717) is 4.83 Å². The van der Waals surface area contributed by atoms with Gasteiger partial charge in [-0.05, 0) is 5.56 Å². The summed E-state index contributed by atoms with van der Waals surface area (Å²) in [5, 5.41) is 0. The molecule has 6 nitrogen and oxygen atoms in total. The number of hydrogen-bond donors (Lipinski definition) is 0. The molecule has 0 radical (unpaired) electrons. The van der Waals surface area contributed by atoms with E-state index in [-0.39, 0.29) is 11.4 Å². The maximum Gasteiger partial charge on any atom is 0.349 e. The lowest BCUT2D eigenvalue weighted by Gasteiger charge is -2.05. The van der Waals surface area contributed by atoms with Crippen molar-refractivity contribution in [3.8, 4) is 0 Å². The van der Waals surface area contributed by atoms with Gasteiger partial charge in [-0.15, -0.1) is 11.3 Å². The molecule has 1 aromatic carbocycles. The number of rotatable bonds is 3. The van der Waals surface area contributed by atoms with Crippen molar-refractivity contribution in [3.63, 3.8) is 0 Å². The number of esters is 1. The van der Waals surface area contributed by atoms with Gasteiger partial charge in [-0.2, -0.15) is 0 Å². The number of aromatic nitrogens is 2. The van der Waals surface area contributed by atoms with Gasteiger partial charge in [0.25, 0.3) is 5.56 Å². The Morgan fingerprint density at radius 3 is 2.64 bits per heavy atom. The van der Waals surface area contributed by atoms with Crippen molar-refractivity contribution in [1.82, 2.24) is 8.97 Å². The van der Waals surface area contributed by atoms with Gasteiger partial charge >= 0.3 is 11.7 Å². The third-order valence-corrected chi connectivity index (χ3v) is 4.23.